The van der Waals surface area contributed by atoms with Gasteiger partial charge in [-0.2, -0.15) is 0 Å². The molecule has 0 bridgehead atoms. The van der Waals surface area contributed by atoms with Crippen molar-refractivity contribution in [3.63, 3.8) is 0 Å². The van der Waals surface area contributed by atoms with Crippen LogP contribution in [-0.2, 0) is 11.3 Å². The molecule has 0 fully saturated rings. The van der Waals surface area contributed by atoms with Gasteiger partial charge in [0.05, 0.1) is 5.56 Å². The Hall–Kier alpha value is -2.89. The predicted octanol–water partition coefficient (Wildman–Crippen LogP) is 2.36. The van der Waals surface area contributed by atoms with Crippen molar-refractivity contribution in [1.29, 1.82) is 0 Å². The lowest BCUT2D eigenvalue weighted by Crippen LogP contribution is -2.44. The largest absolute Gasteiger partial charge is 0.357 e. The van der Waals surface area contributed by atoms with Crippen LogP contribution in [0.25, 0.3) is 0 Å². The van der Waals surface area contributed by atoms with E-state index in [0.717, 1.165) is 24.5 Å². The first-order chi connectivity index (χ1) is 12.5. The van der Waals surface area contributed by atoms with Gasteiger partial charge in [-0.05, 0) is 38.5 Å². The van der Waals surface area contributed by atoms with Crippen molar-refractivity contribution in [2.45, 2.75) is 33.4 Å². The van der Waals surface area contributed by atoms with Gasteiger partial charge in [-0.25, -0.2) is 4.98 Å². The molecule has 2 aromatic rings. The number of nitrogens with one attached hydrogen (secondary N) is 2. The molecule has 1 unspecified atom stereocenters. The highest BCUT2D eigenvalue weighted by atomic mass is 16.2. The summed E-state index contributed by atoms with van der Waals surface area (Å²) >= 11 is 0. The van der Waals surface area contributed by atoms with E-state index in [-0.39, 0.29) is 11.8 Å². The van der Waals surface area contributed by atoms with E-state index in [1.807, 2.05) is 36.4 Å². The van der Waals surface area contributed by atoms with Crippen molar-refractivity contribution in [2.75, 3.05) is 18.0 Å². The minimum atomic E-state index is -0.631. The maximum absolute atomic E-state index is 12.3. The molecule has 1 atom stereocenters. The van der Waals surface area contributed by atoms with Crippen LogP contribution in [0.2, 0.25) is 0 Å². The number of rotatable bonds is 8. The molecule has 138 valence electrons. The summed E-state index contributed by atoms with van der Waals surface area (Å²) in [5.41, 5.74) is 1.44. The minimum absolute atomic E-state index is 0.227. The maximum atomic E-state index is 12.3. The average Bonchev–Trinajstić information content (AvgIpc) is 2.68. The highest BCUT2D eigenvalue weighted by molar-refractivity contribution is 5.97. The quantitative estimate of drug-likeness (QED) is 0.763. The molecule has 2 amide bonds. The van der Waals surface area contributed by atoms with E-state index in [2.05, 4.69) is 34.4 Å². The number of hydrogen-bond donors (Lipinski definition) is 2. The maximum Gasteiger partial charge on any atom is 0.253 e. The summed E-state index contributed by atoms with van der Waals surface area (Å²) in [5.74, 6) is 0.293. The summed E-state index contributed by atoms with van der Waals surface area (Å²) in [7, 11) is 0. The van der Waals surface area contributed by atoms with Crippen LogP contribution in [0, 0.1) is 0 Å². The lowest BCUT2D eigenvalue weighted by Gasteiger charge is -2.19. The lowest BCUT2D eigenvalue weighted by atomic mass is 10.2. The van der Waals surface area contributed by atoms with Gasteiger partial charge in [-0.15, -0.1) is 0 Å². The summed E-state index contributed by atoms with van der Waals surface area (Å²) in [6.07, 6.45) is 1.54. The van der Waals surface area contributed by atoms with Gasteiger partial charge in [0, 0.05) is 25.8 Å². The van der Waals surface area contributed by atoms with E-state index in [0.29, 0.717) is 12.1 Å². The van der Waals surface area contributed by atoms with Crippen LogP contribution >= 0.6 is 0 Å². The van der Waals surface area contributed by atoms with Gasteiger partial charge in [0.2, 0.25) is 5.91 Å². The number of benzene rings is 1. The summed E-state index contributed by atoms with van der Waals surface area (Å²) in [6.45, 7) is 7.92. The number of aromatic nitrogens is 1. The van der Waals surface area contributed by atoms with Gasteiger partial charge in [-0.3, -0.25) is 9.59 Å². The van der Waals surface area contributed by atoms with Gasteiger partial charge in [0.15, 0.2) is 0 Å². The predicted molar refractivity (Wildman–Crippen MR) is 103 cm³/mol. The van der Waals surface area contributed by atoms with Gasteiger partial charge in [-0.1, -0.05) is 30.3 Å². The first kappa shape index (κ1) is 19.4. The summed E-state index contributed by atoms with van der Waals surface area (Å²) < 4.78 is 0. The Bertz CT molecular complexity index is 712. The van der Waals surface area contributed by atoms with Crippen molar-refractivity contribution in [3.05, 3.63) is 59.8 Å². The SMILES string of the molecule is CCN(CC)c1ccc(C(=O)NC(C)C(=O)NCc2ccccc2)cn1. The average molecular weight is 354 g/mol. The third-order valence-electron chi connectivity index (χ3n) is 4.15. The van der Waals surface area contributed by atoms with Crippen LogP contribution in [0.1, 0.15) is 36.7 Å². The van der Waals surface area contributed by atoms with E-state index >= 15 is 0 Å². The fourth-order valence-electron chi connectivity index (χ4n) is 2.54. The molecule has 0 saturated heterocycles. The number of pyridine rings is 1. The minimum Gasteiger partial charge on any atom is -0.357 e. The van der Waals surface area contributed by atoms with Crippen LogP contribution in [0.15, 0.2) is 48.7 Å². The molecule has 2 N–H and O–H groups in total. The Morgan fingerprint density at radius 1 is 1.08 bits per heavy atom. The summed E-state index contributed by atoms with van der Waals surface area (Å²) in [6, 6.07) is 12.6. The number of carbonyl (C=O) groups is 2. The molecule has 26 heavy (non-hydrogen) atoms. The second kappa shape index (κ2) is 9.56. The van der Waals surface area contributed by atoms with Crippen molar-refractivity contribution in [1.82, 2.24) is 15.6 Å². The highest BCUT2D eigenvalue weighted by Crippen LogP contribution is 2.11. The fourth-order valence-corrected chi connectivity index (χ4v) is 2.54. The van der Waals surface area contributed by atoms with Gasteiger partial charge < -0.3 is 15.5 Å². The molecule has 0 aliphatic heterocycles. The van der Waals surface area contributed by atoms with Gasteiger partial charge >= 0.3 is 0 Å². The van der Waals surface area contributed by atoms with E-state index in [1.165, 1.54) is 6.20 Å². The Balaban J connectivity index is 1.88. The van der Waals surface area contributed by atoms with Gasteiger partial charge in [0.25, 0.3) is 5.91 Å². The molecule has 0 aliphatic carbocycles. The first-order valence-electron chi connectivity index (χ1n) is 8.88. The zero-order valence-electron chi connectivity index (χ0n) is 15.5. The first-order valence-corrected chi connectivity index (χ1v) is 8.88. The van der Waals surface area contributed by atoms with Crippen molar-refractivity contribution >= 4 is 17.6 Å². The number of carbonyl (C=O) groups excluding carboxylic acids is 2. The summed E-state index contributed by atoms with van der Waals surface area (Å²) in [5, 5.41) is 5.52. The Kier molecular flexibility index (Phi) is 7.14. The molecule has 0 radical (unpaired) electrons. The molecule has 1 aromatic carbocycles. The molecule has 2 rings (SSSR count). The molecule has 6 nitrogen and oxygen atoms in total. The van der Waals surface area contributed by atoms with Crippen LogP contribution in [-0.4, -0.2) is 35.9 Å². The molecule has 6 heteroatoms. The zero-order valence-corrected chi connectivity index (χ0v) is 15.5. The number of anilines is 1. The lowest BCUT2D eigenvalue weighted by molar-refractivity contribution is -0.122. The Morgan fingerprint density at radius 3 is 2.35 bits per heavy atom. The second-order valence-corrected chi connectivity index (χ2v) is 5.98. The topological polar surface area (TPSA) is 74.3 Å². The standard InChI is InChI=1S/C20H26N4O2/c1-4-24(5-2)18-12-11-17(14-21-18)20(26)23-15(3)19(25)22-13-16-9-7-6-8-10-16/h6-12,14-15H,4-5,13H2,1-3H3,(H,22,25)(H,23,26). The summed E-state index contributed by atoms with van der Waals surface area (Å²) in [4.78, 5) is 30.9. The number of amides is 2. The van der Waals surface area contributed by atoms with Gasteiger partial charge in [0.1, 0.15) is 11.9 Å². The van der Waals surface area contributed by atoms with Crippen LogP contribution in [0.4, 0.5) is 5.82 Å². The zero-order chi connectivity index (χ0) is 18.9. The molecule has 0 aliphatic rings. The number of nitrogens with zero attached hydrogens (tertiary/aromatic N) is 2. The van der Waals surface area contributed by atoms with E-state index in [1.54, 1.807) is 13.0 Å². The molecular formula is C20H26N4O2. The normalized spacial score (nSPS) is 11.5. The smallest absolute Gasteiger partial charge is 0.253 e. The van der Waals surface area contributed by atoms with Crippen molar-refractivity contribution < 1.29 is 9.59 Å². The molecular weight excluding hydrogens is 328 g/mol. The van der Waals surface area contributed by atoms with Crippen LogP contribution in [0.3, 0.4) is 0 Å². The van der Waals surface area contributed by atoms with E-state index < -0.39 is 6.04 Å². The highest BCUT2D eigenvalue weighted by Gasteiger charge is 2.17. The molecule has 0 saturated carbocycles. The molecule has 0 spiro atoms. The van der Waals surface area contributed by atoms with E-state index in [9.17, 15) is 9.59 Å². The molecule has 1 heterocycles. The third kappa shape index (κ3) is 5.31. The van der Waals surface area contributed by atoms with Crippen molar-refractivity contribution in [3.8, 4) is 0 Å². The van der Waals surface area contributed by atoms with Crippen molar-refractivity contribution in [2.24, 2.45) is 0 Å². The second-order valence-electron chi connectivity index (χ2n) is 5.98. The fraction of sp³-hybridized carbons (Fsp3) is 0.350. The Morgan fingerprint density at radius 2 is 1.77 bits per heavy atom. The van der Waals surface area contributed by atoms with Crippen LogP contribution < -0.4 is 15.5 Å². The van der Waals surface area contributed by atoms with Crippen LogP contribution in [0.5, 0.6) is 0 Å². The third-order valence-corrected chi connectivity index (χ3v) is 4.15. The number of hydrogen-bond acceptors (Lipinski definition) is 4. The molecule has 1 aromatic heterocycles. The monoisotopic (exact) mass is 354 g/mol. The Labute approximate surface area is 154 Å². The van der Waals surface area contributed by atoms with E-state index in [4.69, 9.17) is 0 Å².